The number of nitrogens with zero attached hydrogens (tertiary/aromatic N) is 2. The molecule has 0 spiro atoms. The number of likely N-dealkylation sites (N-methyl/N-ethyl adjacent to an activating group) is 1. The summed E-state index contributed by atoms with van der Waals surface area (Å²) in [5.41, 5.74) is 0.650. The van der Waals surface area contributed by atoms with E-state index in [-0.39, 0.29) is 17.3 Å². The Hall–Kier alpha value is -1.41. The van der Waals surface area contributed by atoms with Gasteiger partial charge in [0.2, 0.25) is 10.0 Å². The number of sulfonamides is 1. The number of halogens is 1. The molecule has 1 aliphatic heterocycles. The Kier molecular flexibility index (Phi) is 7.21. The Morgan fingerprint density at radius 2 is 1.74 bits per heavy atom. The summed E-state index contributed by atoms with van der Waals surface area (Å²) in [6.07, 6.45) is 2.45. The van der Waals surface area contributed by atoms with E-state index in [1.807, 2.05) is 0 Å². The van der Waals surface area contributed by atoms with Crippen LogP contribution >= 0.6 is 12.4 Å². The van der Waals surface area contributed by atoms with Crippen LogP contribution in [0.5, 0.6) is 0 Å². The van der Waals surface area contributed by atoms with Crippen molar-refractivity contribution in [2.24, 2.45) is 0 Å². The Labute approximate surface area is 142 Å². The van der Waals surface area contributed by atoms with Crippen molar-refractivity contribution in [3.8, 4) is 0 Å². The van der Waals surface area contributed by atoms with Crippen LogP contribution < -0.4 is 0 Å². The lowest BCUT2D eigenvalue weighted by molar-refractivity contribution is -0.131. The molecule has 128 valence electrons. The highest BCUT2D eigenvalue weighted by Gasteiger charge is 2.27. The third-order valence-electron chi connectivity index (χ3n) is 3.71. The molecule has 2 rings (SSSR count). The fourth-order valence-corrected chi connectivity index (χ4v) is 3.78. The van der Waals surface area contributed by atoms with Crippen LogP contribution in [0.4, 0.5) is 0 Å². The summed E-state index contributed by atoms with van der Waals surface area (Å²) >= 11 is 0. The predicted molar refractivity (Wildman–Crippen MR) is 91.2 cm³/mol. The van der Waals surface area contributed by atoms with Gasteiger partial charge >= 0.3 is 5.97 Å². The second kappa shape index (κ2) is 8.44. The molecule has 23 heavy (non-hydrogen) atoms. The second-order valence-corrected chi connectivity index (χ2v) is 7.02. The minimum Gasteiger partial charge on any atom is -0.478 e. The highest BCUT2D eigenvalue weighted by atomic mass is 35.5. The van der Waals surface area contributed by atoms with E-state index in [1.165, 1.54) is 22.5 Å². The fourth-order valence-electron chi connectivity index (χ4n) is 2.35. The average Bonchev–Trinajstić information content (AvgIpc) is 2.53. The average molecular weight is 361 g/mol. The van der Waals surface area contributed by atoms with Crippen LogP contribution in [0.15, 0.2) is 35.2 Å². The van der Waals surface area contributed by atoms with E-state index in [1.54, 1.807) is 12.1 Å². The van der Waals surface area contributed by atoms with Gasteiger partial charge in [-0.2, -0.15) is 4.31 Å². The SMILES string of the molecule is CCN1CCN(S(=O)(=O)c2ccc(C=CC(=O)O)cc2)CC1.Cl. The quantitative estimate of drug-likeness (QED) is 0.806. The maximum Gasteiger partial charge on any atom is 0.328 e. The molecule has 1 N–H and O–H groups in total. The topological polar surface area (TPSA) is 77.9 Å². The van der Waals surface area contributed by atoms with Gasteiger partial charge < -0.3 is 10.0 Å². The number of carboxylic acid groups (broad SMARTS) is 1. The summed E-state index contributed by atoms with van der Waals surface area (Å²) in [4.78, 5) is 12.9. The van der Waals surface area contributed by atoms with E-state index in [0.717, 1.165) is 25.7 Å². The molecule has 0 aromatic heterocycles. The third-order valence-corrected chi connectivity index (χ3v) is 5.63. The highest BCUT2D eigenvalue weighted by Crippen LogP contribution is 2.18. The zero-order chi connectivity index (χ0) is 16.2. The molecule has 1 fully saturated rings. The molecular formula is C15H21ClN2O4S. The second-order valence-electron chi connectivity index (χ2n) is 5.08. The van der Waals surface area contributed by atoms with Crippen molar-refractivity contribution >= 4 is 34.5 Å². The van der Waals surface area contributed by atoms with Gasteiger partial charge in [-0.3, -0.25) is 0 Å². The van der Waals surface area contributed by atoms with Gasteiger partial charge in [-0.1, -0.05) is 19.1 Å². The summed E-state index contributed by atoms with van der Waals surface area (Å²) < 4.78 is 26.6. The van der Waals surface area contributed by atoms with Crippen LogP contribution in [-0.2, 0) is 14.8 Å². The summed E-state index contributed by atoms with van der Waals surface area (Å²) in [6.45, 7) is 5.48. The number of aliphatic carboxylic acids is 1. The van der Waals surface area contributed by atoms with Crippen molar-refractivity contribution < 1.29 is 18.3 Å². The molecule has 0 saturated carbocycles. The first-order chi connectivity index (χ1) is 10.4. The lowest BCUT2D eigenvalue weighted by atomic mass is 10.2. The van der Waals surface area contributed by atoms with Crippen molar-refractivity contribution in [1.29, 1.82) is 0 Å². The van der Waals surface area contributed by atoms with E-state index in [2.05, 4.69) is 11.8 Å². The molecule has 1 heterocycles. The number of hydrogen-bond acceptors (Lipinski definition) is 4. The fraction of sp³-hybridized carbons (Fsp3) is 0.400. The van der Waals surface area contributed by atoms with Crippen LogP contribution in [0.25, 0.3) is 6.08 Å². The van der Waals surface area contributed by atoms with Gasteiger partial charge in [0.25, 0.3) is 0 Å². The molecule has 1 saturated heterocycles. The van der Waals surface area contributed by atoms with E-state index >= 15 is 0 Å². The zero-order valence-corrected chi connectivity index (χ0v) is 14.5. The van der Waals surface area contributed by atoms with E-state index < -0.39 is 16.0 Å². The zero-order valence-electron chi connectivity index (χ0n) is 12.9. The van der Waals surface area contributed by atoms with Crippen LogP contribution in [0.2, 0.25) is 0 Å². The normalized spacial score (nSPS) is 17.1. The van der Waals surface area contributed by atoms with Gasteiger partial charge in [0.05, 0.1) is 4.90 Å². The minimum absolute atomic E-state index is 0. The molecule has 1 aliphatic rings. The van der Waals surface area contributed by atoms with E-state index in [4.69, 9.17) is 5.11 Å². The molecule has 8 heteroatoms. The minimum atomic E-state index is -3.48. The van der Waals surface area contributed by atoms with Gasteiger partial charge in [-0.15, -0.1) is 12.4 Å². The van der Waals surface area contributed by atoms with E-state index in [0.29, 0.717) is 18.7 Å². The number of benzene rings is 1. The van der Waals surface area contributed by atoms with E-state index in [9.17, 15) is 13.2 Å². The number of piperazine rings is 1. The molecule has 6 nitrogen and oxygen atoms in total. The molecule has 0 unspecified atom stereocenters. The first kappa shape index (κ1) is 19.6. The number of carbonyl (C=O) groups is 1. The lowest BCUT2D eigenvalue weighted by Crippen LogP contribution is -2.48. The third kappa shape index (κ3) is 5.04. The summed E-state index contributed by atoms with van der Waals surface area (Å²) in [7, 11) is -3.48. The monoisotopic (exact) mass is 360 g/mol. The Bertz CT molecular complexity index is 651. The van der Waals surface area contributed by atoms with Gasteiger partial charge in [-0.25, -0.2) is 13.2 Å². The molecule has 0 aliphatic carbocycles. The maximum atomic E-state index is 12.6. The number of rotatable bonds is 5. The Balaban J connectivity index is 0.00000264. The molecule has 0 atom stereocenters. The molecule has 1 aromatic carbocycles. The van der Waals surface area contributed by atoms with Crippen molar-refractivity contribution in [2.45, 2.75) is 11.8 Å². The van der Waals surface area contributed by atoms with Crippen molar-refractivity contribution in [3.05, 3.63) is 35.9 Å². The molecule has 1 aromatic rings. The first-order valence-corrected chi connectivity index (χ1v) is 8.61. The van der Waals surface area contributed by atoms with Crippen LogP contribution in [0.1, 0.15) is 12.5 Å². The highest BCUT2D eigenvalue weighted by molar-refractivity contribution is 7.89. The van der Waals surface area contributed by atoms with Gasteiger partial charge in [0, 0.05) is 32.3 Å². The largest absolute Gasteiger partial charge is 0.478 e. The van der Waals surface area contributed by atoms with Crippen LogP contribution in [0.3, 0.4) is 0 Å². The Morgan fingerprint density at radius 1 is 1.17 bits per heavy atom. The molecule has 0 amide bonds. The van der Waals surface area contributed by atoms with Gasteiger partial charge in [-0.05, 0) is 30.3 Å². The van der Waals surface area contributed by atoms with Crippen LogP contribution in [-0.4, -0.2) is 61.4 Å². The van der Waals surface area contributed by atoms with Crippen molar-refractivity contribution in [1.82, 2.24) is 9.21 Å². The van der Waals surface area contributed by atoms with Gasteiger partial charge in [0.15, 0.2) is 0 Å². The predicted octanol–water partition coefficient (Wildman–Crippen LogP) is 1.53. The van der Waals surface area contributed by atoms with Crippen LogP contribution in [0, 0.1) is 0 Å². The molecule has 0 bridgehead atoms. The lowest BCUT2D eigenvalue weighted by Gasteiger charge is -2.33. The summed E-state index contributed by atoms with van der Waals surface area (Å²) in [5.74, 6) is -1.04. The maximum absolute atomic E-state index is 12.6. The van der Waals surface area contributed by atoms with Crippen molar-refractivity contribution in [3.63, 3.8) is 0 Å². The summed E-state index contributed by atoms with van der Waals surface area (Å²) in [6, 6.07) is 6.25. The summed E-state index contributed by atoms with van der Waals surface area (Å²) in [5, 5.41) is 8.58. The smallest absolute Gasteiger partial charge is 0.328 e. The number of carboxylic acids is 1. The first-order valence-electron chi connectivity index (χ1n) is 7.17. The van der Waals surface area contributed by atoms with Crippen molar-refractivity contribution in [2.75, 3.05) is 32.7 Å². The number of hydrogen-bond donors (Lipinski definition) is 1. The Morgan fingerprint density at radius 3 is 2.22 bits per heavy atom. The standard InChI is InChI=1S/C15H20N2O4S.ClH/c1-2-16-9-11-17(12-10-16)22(20,21)14-6-3-13(4-7-14)5-8-15(18)19;/h3-8H,2,9-12H2,1H3,(H,18,19);1H. The molecular weight excluding hydrogens is 340 g/mol. The van der Waals surface area contributed by atoms with Gasteiger partial charge in [0.1, 0.15) is 0 Å². The molecule has 0 radical (unpaired) electrons.